The van der Waals surface area contributed by atoms with Gasteiger partial charge in [-0.25, -0.2) is 13.1 Å². The minimum atomic E-state index is -3.60. The molecule has 0 N–H and O–H groups in total. The molecule has 0 amide bonds. The summed E-state index contributed by atoms with van der Waals surface area (Å²) in [4.78, 5) is 0. The second-order valence-corrected chi connectivity index (χ2v) is 7.59. The van der Waals surface area contributed by atoms with Crippen molar-refractivity contribution in [2.75, 3.05) is 0 Å². The van der Waals surface area contributed by atoms with Gasteiger partial charge in [0.05, 0.1) is 22.8 Å². The third-order valence-corrected chi connectivity index (χ3v) is 5.44. The summed E-state index contributed by atoms with van der Waals surface area (Å²) < 4.78 is 32.7. The summed E-state index contributed by atoms with van der Waals surface area (Å²) in [5.74, 6) is 0.460. The van der Waals surface area contributed by atoms with Gasteiger partial charge in [-0.15, -0.1) is 0 Å². The van der Waals surface area contributed by atoms with Gasteiger partial charge in [0.25, 0.3) is 0 Å². The zero-order valence-corrected chi connectivity index (χ0v) is 14.7. The first-order chi connectivity index (χ1) is 11.4. The number of para-hydroxylation sites is 1. The second-order valence-electron chi connectivity index (χ2n) is 5.65. The van der Waals surface area contributed by atoms with Crippen molar-refractivity contribution in [2.24, 2.45) is 0 Å². The van der Waals surface area contributed by atoms with Crippen LogP contribution in [0.2, 0.25) is 0 Å². The molecule has 6 nitrogen and oxygen atoms in total. The Bertz CT molecular complexity index is 956. The number of aromatic nitrogens is 3. The first kappa shape index (κ1) is 16.4. The summed E-state index contributed by atoms with van der Waals surface area (Å²) in [6, 6.07) is 10.8. The molecule has 0 saturated heterocycles. The minimum absolute atomic E-state index is 0.149. The van der Waals surface area contributed by atoms with E-state index >= 15 is 0 Å². The van der Waals surface area contributed by atoms with Crippen LogP contribution in [0.1, 0.15) is 29.6 Å². The van der Waals surface area contributed by atoms with Crippen LogP contribution in [0, 0.1) is 13.8 Å². The maximum Gasteiger partial charge on any atom is 0.200 e. The highest BCUT2D eigenvalue weighted by Gasteiger charge is 2.26. The van der Waals surface area contributed by atoms with Crippen LogP contribution in [0.15, 0.2) is 45.9 Å². The van der Waals surface area contributed by atoms with Crippen LogP contribution in [-0.2, 0) is 22.0 Å². The Labute approximate surface area is 141 Å². The van der Waals surface area contributed by atoms with Crippen LogP contribution < -0.4 is 0 Å². The standard InChI is InChI=1S/C17H19N3O3S/c1-4-16-15(13(3)19-23-16)11-24(21,22)17-10-12(2)18-20(17)14-8-6-5-7-9-14/h5-10H,4,11H2,1-3H3. The topological polar surface area (TPSA) is 78.0 Å². The lowest BCUT2D eigenvalue weighted by molar-refractivity contribution is 0.382. The van der Waals surface area contributed by atoms with Crippen molar-refractivity contribution in [1.82, 2.24) is 14.9 Å². The molecule has 0 unspecified atom stereocenters. The van der Waals surface area contributed by atoms with Crippen molar-refractivity contribution in [1.29, 1.82) is 0 Å². The van der Waals surface area contributed by atoms with E-state index < -0.39 is 9.84 Å². The Morgan fingerprint density at radius 3 is 2.54 bits per heavy atom. The van der Waals surface area contributed by atoms with Crippen molar-refractivity contribution < 1.29 is 12.9 Å². The smallest absolute Gasteiger partial charge is 0.200 e. The summed E-state index contributed by atoms with van der Waals surface area (Å²) in [5.41, 5.74) is 2.60. The molecule has 0 aliphatic heterocycles. The van der Waals surface area contributed by atoms with Gasteiger partial charge in [-0.1, -0.05) is 30.3 Å². The molecule has 0 saturated carbocycles. The van der Waals surface area contributed by atoms with E-state index in [9.17, 15) is 8.42 Å². The Balaban J connectivity index is 2.07. The van der Waals surface area contributed by atoms with Gasteiger partial charge in [0.1, 0.15) is 5.76 Å². The van der Waals surface area contributed by atoms with E-state index in [1.54, 1.807) is 19.9 Å². The molecular formula is C17H19N3O3S. The molecule has 2 aromatic heterocycles. The van der Waals surface area contributed by atoms with E-state index in [0.717, 1.165) is 0 Å². The highest BCUT2D eigenvalue weighted by atomic mass is 32.2. The minimum Gasteiger partial charge on any atom is -0.361 e. The van der Waals surface area contributed by atoms with Gasteiger partial charge in [-0.05, 0) is 32.0 Å². The molecule has 7 heteroatoms. The number of benzene rings is 1. The molecule has 0 radical (unpaired) electrons. The van der Waals surface area contributed by atoms with Crippen LogP contribution in [0.25, 0.3) is 5.69 Å². The normalized spacial score (nSPS) is 11.8. The predicted molar refractivity (Wildman–Crippen MR) is 89.8 cm³/mol. The van der Waals surface area contributed by atoms with Gasteiger partial charge in [-0.2, -0.15) is 5.10 Å². The number of sulfone groups is 1. The number of nitrogens with zero attached hydrogens (tertiary/aromatic N) is 3. The first-order valence-electron chi connectivity index (χ1n) is 7.71. The predicted octanol–water partition coefficient (Wildman–Crippen LogP) is 3.01. The van der Waals surface area contributed by atoms with Crippen LogP contribution >= 0.6 is 0 Å². The van der Waals surface area contributed by atoms with Crippen molar-refractivity contribution in [3.8, 4) is 5.69 Å². The Hall–Kier alpha value is -2.41. The molecule has 3 rings (SSSR count). The van der Waals surface area contributed by atoms with Crippen molar-refractivity contribution in [3.05, 3.63) is 59.1 Å². The number of hydrogen-bond acceptors (Lipinski definition) is 5. The van der Waals surface area contributed by atoms with Gasteiger partial charge < -0.3 is 4.52 Å². The third-order valence-electron chi connectivity index (χ3n) is 3.84. The number of hydrogen-bond donors (Lipinski definition) is 0. The molecule has 0 aliphatic rings. The van der Waals surface area contributed by atoms with Gasteiger partial charge in [0.2, 0.25) is 0 Å². The van der Waals surface area contributed by atoms with Gasteiger partial charge >= 0.3 is 0 Å². The Morgan fingerprint density at radius 2 is 1.88 bits per heavy atom. The highest BCUT2D eigenvalue weighted by Crippen LogP contribution is 2.24. The fourth-order valence-electron chi connectivity index (χ4n) is 2.61. The van der Waals surface area contributed by atoms with Crippen LogP contribution in [-0.4, -0.2) is 23.4 Å². The lowest BCUT2D eigenvalue weighted by Gasteiger charge is -2.08. The quantitative estimate of drug-likeness (QED) is 0.710. The first-order valence-corrected chi connectivity index (χ1v) is 9.36. The molecule has 0 fully saturated rings. The molecule has 0 atom stereocenters. The number of rotatable bonds is 5. The maximum atomic E-state index is 13.0. The summed E-state index contributed by atoms with van der Waals surface area (Å²) in [6.07, 6.45) is 0.600. The Morgan fingerprint density at radius 1 is 1.17 bits per heavy atom. The molecular weight excluding hydrogens is 326 g/mol. The molecule has 0 aliphatic carbocycles. The molecule has 3 aromatic rings. The monoisotopic (exact) mass is 345 g/mol. The molecule has 0 bridgehead atoms. The summed E-state index contributed by atoms with van der Waals surface area (Å²) in [6.45, 7) is 5.45. The number of aryl methyl sites for hydroxylation is 3. The van der Waals surface area contributed by atoms with Crippen molar-refractivity contribution in [2.45, 2.75) is 38.0 Å². The SMILES string of the molecule is CCc1onc(C)c1CS(=O)(=O)c1cc(C)nn1-c1ccccc1. The van der Waals surface area contributed by atoms with E-state index in [-0.39, 0.29) is 10.8 Å². The zero-order chi connectivity index (χ0) is 17.3. The highest BCUT2D eigenvalue weighted by molar-refractivity contribution is 7.90. The van der Waals surface area contributed by atoms with Crippen molar-refractivity contribution in [3.63, 3.8) is 0 Å². The summed E-state index contributed by atoms with van der Waals surface area (Å²) in [5, 5.41) is 8.40. The fraction of sp³-hybridized carbons (Fsp3) is 0.294. The van der Waals surface area contributed by atoms with E-state index in [2.05, 4.69) is 10.3 Å². The summed E-state index contributed by atoms with van der Waals surface area (Å²) >= 11 is 0. The zero-order valence-electron chi connectivity index (χ0n) is 13.9. The molecule has 2 heterocycles. The van der Waals surface area contributed by atoms with Gasteiger partial charge in [0, 0.05) is 12.0 Å². The van der Waals surface area contributed by atoms with Crippen LogP contribution in [0.5, 0.6) is 0 Å². The molecule has 24 heavy (non-hydrogen) atoms. The average Bonchev–Trinajstić information content (AvgIpc) is 3.12. The fourth-order valence-corrected chi connectivity index (χ4v) is 4.27. The molecule has 0 spiro atoms. The molecule has 1 aromatic carbocycles. The largest absolute Gasteiger partial charge is 0.361 e. The molecule has 126 valence electrons. The van der Waals surface area contributed by atoms with Crippen LogP contribution in [0.3, 0.4) is 0 Å². The Kier molecular flexibility index (Phi) is 4.28. The van der Waals surface area contributed by atoms with E-state index in [1.165, 1.54) is 4.68 Å². The summed E-state index contributed by atoms with van der Waals surface area (Å²) in [7, 11) is -3.60. The lowest BCUT2D eigenvalue weighted by atomic mass is 10.2. The van der Waals surface area contributed by atoms with Gasteiger partial charge in [-0.3, -0.25) is 0 Å². The third kappa shape index (κ3) is 2.99. The maximum absolute atomic E-state index is 13.0. The van der Waals surface area contributed by atoms with E-state index in [4.69, 9.17) is 4.52 Å². The second kappa shape index (κ2) is 6.24. The van der Waals surface area contributed by atoms with Crippen LogP contribution in [0.4, 0.5) is 0 Å². The van der Waals surface area contributed by atoms with E-state index in [1.807, 2.05) is 37.3 Å². The van der Waals surface area contributed by atoms with E-state index in [0.29, 0.717) is 34.8 Å². The van der Waals surface area contributed by atoms with Gasteiger partial charge in [0.15, 0.2) is 14.9 Å². The average molecular weight is 345 g/mol. The lowest BCUT2D eigenvalue weighted by Crippen LogP contribution is -2.12. The van der Waals surface area contributed by atoms with Crippen molar-refractivity contribution >= 4 is 9.84 Å².